The number of aromatic nitrogens is 3. The Hall–Kier alpha value is -2.44. The molecule has 1 amide bonds. The molecule has 0 spiro atoms. The molecule has 0 bridgehead atoms. The van der Waals surface area contributed by atoms with Crippen LogP contribution in [0.5, 0.6) is 0 Å². The summed E-state index contributed by atoms with van der Waals surface area (Å²) in [5.41, 5.74) is 0.507. The predicted octanol–water partition coefficient (Wildman–Crippen LogP) is 1.30. The molecule has 0 unspecified atom stereocenters. The number of carbonyl (C=O) groups is 1. The zero-order chi connectivity index (χ0) is 15.5. The van der Waals surface area contributed by atoms with Gasteiger partial charge in [0.25, 0.3) is 0 Å². The van der Waals surface area contributed by atoms with Crippen LogP contribution < -0.4 is 5.76 Å². The van der Waals surface area contributed by atoms with Gasteiger partial charge in [0.1, 0.15) is 12.2 Å². The van der Waals surface area contributed by atoms with E-state index in [0.29, 0.717) is 5.69 Å². The average molecular weight is 302 g/mol. The molecular weight excluding hydrogens is 284 g/mol. The van der Waals surface area contributed by atoms with Crippen LogP contribution in [0.3, 0.4) is 0 Å². The molecule has 1 atom stereocenters. The van der Waals surface area contributed by atoms with E-state index in [2.05, 4.69) is 10.1 Å². The van der Waals surface area contributed by atoms with Gasteiger partial charge in [-0.05, 0) is 38.3 Å². The lowest BCUT2D eigenvalue weighted by atomic mass is 10.0. The lowest BCUT2D eigenvalue weighted by Gasteiger charge is -2.33. The summed E-state index contributed by atoms with van der Waals surface area (Å²) >= 11 is 0. The third kappa shape index (κ3) is 2.79. The summed E-state index contributed by atoms with van der Waals surface area (Å²) in [5, 5.41) is 3.75. The molecule has 1 saturated heterocycles. The second-order valence-electron chi connectivity index (χ2n) is 5.51. The molecule has 1 aliphatic rings. The molecule has 116 valence electrons. The fourth-order valence-corrected chi connectivity index (χ4v) is 2.78. The molecule has 1 aliphatic heterocycles. The largest absolute Gasteiger partial charge is 0.442 e. The van der Waals surface area contributed by atoms with Gasteiger partial charge in [-0.3, -0.25) is 14.3 Å². The Bertz CT molecular complexity index is 707. The Balaban J connectivity index is 1.85. The van der Waals surface area contributed by atoms with E-state index in [9.17, 15) is 9.59 Å². The van der Waals surface area contributed by atoms with Crippen molar-refractivity contribution in [1.29, 1.82) is 0 Å². The van der Waals surface area contributed by atoms with Gasteiger partial charge in [-0.15, -0.1) is 0 Å². The maximum absolute atomic E-state index is 12.5. The van der Waals surface area contributed by atoms with Crippen LogP contribution in [-0.2, 0) is 11.3 Å². The summed E-state index contributed by atoms with van der Waals surface area (Å²) < 4.78 is 5.95. The Labute approximate surface area is 127 Å². The first-order valence-corrected chi connectivity index (χ1v) is 7.44. The van der Waals surface area contributed by atoms with Gasteiger partial charge in [-0.25, -0.2) is 9.36 Å². The van der Waals surface area contributed by atoms with Crippen LogP contribution in [0.1, 0.15) is 26.2 Å². The zero-order valence-corrected chi connectivity index (χ0v) is 12.4. The Morgan fingerprint density at radius 1 is 1.41 bits per heavy atom. The normalized spacial score (nSPS) is 18.4. The van der Waals surface area contributed by atoms with Crippen LogP contribution in [0, 0.1) is 0 Å². The second kappa shape index (κ2) is 6.13. The van der Waals surface area contributed by atoms with Gasteiger partial charge in [0.05, 0.1) is 0 Å². The van der Waals surface area contributed by atoms with Crippen LogP contribution in [0.4, 0.5) is 0 Å². The first-order chi connectivity index (χ1) is 10.7. The average Bonchev–Trinajstić information content (AvgIpc) is 2.89. The molecular formula is C15H18N4O3. The van der Waals surface area contributed by atoms with E-state index >= 15 is 0 Å². The van der Waals surface area contributed by atoms with Gasteiger partial charge in [-0.1, -0.05) is 11.2 Å². The molecule has 0 radical (unpaired) electrons. The molecule has 22 heavy (non-hydrogen) atoms. The Morgan fingerprint density at radius 3 is 3.00 bits per heavy atom. The predicted molar refractivity (Wildman–Crippen MR) is 79.0 cm³/mol. The van der Waals surface area contributed by atoms with E-state index in [1.807, 2.05) is 11.8 Å². The van der Waals surface area contributed by atoms with Gasteiger partial charge < -0.3 is 4.90 Å². The lowest BCUT2D eigenvalue weighted by Crippen LogP contribution is -2.44. The third-order valence-corrected chi connectivity index (χ3v) is 4.00. The van der Waals surface area contributed by atoms with Gasteiger partial charge in [0.15, 0.2) is 0 Å². The topological polar surface area (TPSA) is 81.2 Å². The molecule has 1 fully saturated rings. The summed E-state index contributed by atoms with van der Waals surface area (Å²) in [6, 6.07) is 5.49. The highest BCUT2D eigenvalue weighted by Gasteiger charge is 2.25. The van der Waals surface area contributed by atoms with Crippen LogP contribution in [-0.4, -0.2) is 38.1 Å². The Morgan fingerprint density at radius 2 is 2.27 bits per heavy atom. The van der Waals surface area contributed by atoms with Crippen LogP contribution in [0.2, 0.25) is 0 Å². The fourth-order valence-electron chi connectivity index (χ4n) is 2.78. The van der Waals surface area contributed by atoms with E-state index in [1.54, 1.807) is 24.4 Å². The first kappa shape index (κ1) is 14.5. The number of likely N-dealkylation sites (tertiary alicyclic amines) is 1. The van der Waals surface area contributed by atoms with Gasteiger partial charge in [0, 0.05) is 18.8 Å². The summed E-state index contributed by atoms with van der Waals surface area (Å²) in [6.45, 7) is 2.70. The standard InChI is InChI=1S/C15H18N4O3/c1-11-6-3-5-9-18(11)13(20)10-19-14(17-22-15(19)21)12-7-2-4-8-16-12/h2,4,7-8,11H,3,5-6,9-10H2,1H3/t11-/m1/s1. The van der Waals surface area contributed by atoms with Crippen molar-refractivity contribution in [1.82, 2.24) is 19.6 Å². The fraction of sp³-hybridized carbons (Fsp3) is 0.467. The van der Waals surface area contributed by atoms with E-state index in [4.69, 9.17) is 4.52 Å². The molecule has 7 heteroatoms. The van der Waals surface area contributed by atoms with E-state index < -0.39 is 5.76 Å². The summed E-state index contributed by atoms with van der Waals surface area (Å²) in [5.74, 6) is -0.447. The zero-order valence-electron chi connectivity index (χ0n) is 12.4. The molecule has 3 heterocycles. The van der Waals surface area contributed by atoms with Gasteiger partial charge in [-0.2, -0.15) is 0 Å². The maximum Gasteiger partial charge on any atom is 0.442 e. The molecule has 0 aromatic carbocycles. The highest BCUT2D eigenvalue weighted by molar-refractivity contribution is 5.77. The second-order valence-corrected chi connectivity index (χ2v) is 5.51. The molecule has 2 aromatic rings. The summed E-state index contributed by atoms with van der Waals surface area (Å²) in [7, 11) is 0. The third-order valence-electron chi connectivity index (χ3n) is 4.00. The highest BCUT2D eigenvalue weighted by atomic mass is 16.5. The van der Waals surface area contributed by atoms with Crippen molar-refractivity contribution < 1.29 is 9.32 Å². The Kier molecular flexibility index (Phi) is 4.04. The van der Waals surface area contributed by atoms with Crippen LogP contribution >= 0.6 is 0 Å². The maximum atomic E-state index is 12.5. The van der Waals surface area contributed by atoms with Gasteiger partial charge >= 0.3 is 5.76 Å². The number of pyridine rings is 1. The summed E-state index contributed by atoms with van der Waals surface area (Å²) in [4.78, 5) is 30.3. The van der Waals surface area contributed by atoms with Crippen LogP contribution in [0.25, 0.3) is 11.5 Å². The van der Waals surface area contributed by atoms with E-state index in [0.717, 1.165) is 25.8 Å². The van der Waals surface area contributed by atoms with Crippen molar-refractivity contribution in [3.8, 4) is 11.5 Å². The number of hydrogen-bond donors (Lipinski definition) is 0. The van der Waals surface area contributed by atoms with Crippen molar-refractivity contribution in [3.63, 3.8) is 0 Å². The number of nitrogens with zero attached hydrogens (tertiary/aromatic N) is 4. The lowest BCUT2D eigenvalue weighted by molar-refractivity contribution is -0.135. The van der Waals surface area contributed by atoms with E-state index in [-0.39, 0.29) is 24.3 Å². The van der Waals surface area contributed by atoms with Gasteiger partial charge in [0.2, 0.25) is 11.7 Å². The number of carbonyl (C=O) groups excluding carboxylic acids is 1. The minimum atomic E-state index is -0.640. The van der Waals surface area contributed by atoms with Crippen molar-refractivity contribution >= 4 is 5.91 Å². The SMILES string of the molecule is C[C@@H]1CCCCN1C(=O)Cn1c(-c2ccccn2)noc1=O. The molecule has 7 nitrogen and oxygen atoms in total. The minimum absolute atomic E-state index is 0.0709. The quantitative estimate of drug-likeness (QED) is 0.853. The minimum Gasteiger partial charge on any atom is -0.338 e. The molecule has 3 rings (SSSR count). The molecule has 2 aromatic heterocycles. The molecule has 0 aliphatic carbocycles. The molecule has 0 saturated carbocycles. The number of amides is 1. The van der Waals surface area contributed by atoms with Crippen molar-refractivity contribution in [2.45, 2.75) is 38.8 Å². The van der Waals surface area contributed by atoms with Crippen molar-refractivity contribution in [3.05, 3.63) is 34.9 Å². The molecule has 0 N–H and O–H groups in total. The monoisotopic (exact) mass is 302 g/mol. The van der Waals surface area contributed by atoms with Crippen LogP contribution in [0.15, 0.2) is 33.7 Å². The first-order valence-electron chi connectivity index (χ1n) is 7.44. The van der Waals surface area contributed by atoms with E-state index in [1.165, 1.54) is 4.57 Å². The number of piperidine rings is 1. The number of rotatable bonds is 3. The van der Waals surface area contributed by atoms with Crippen molar-refractivity contribution in [2.24, 2.45) is 0 Å². The number of hydrogen-bond acceptors (Lipinski definition) is 5. The highest BCUT2D eigenvalue weighted by Crippen LogP contribution is 2.18. The summed E-state index contributed by atoms with van der Waals surface area (Å²) in [6.07, 6.45) is 4.74. The van der Waals surface area contributed by atoms with Crippen molar-refractivity contribution in [2.75, 3.05) is 6.54 Å². The smallest absolute Gasteiger partial charge is 0.338 e.